The van der Waals surface area contributed by atoms with Crippen LogP contribution >= 0.6 is 23.2 Å². The molecule has 0 saturated carbocycles. The van der Waals surface area contributed by atoms with Gasteiger partial charge in [0.1, 0.15) is 0 Å². The molecule has 2 rings (SSSR count). The SMILES string of the molecule is CC(C)(C)NC(=O)CCN1CCO[C@H](c2ccc(Cl)c(Cl)c2)C1. The normalized spacial score (nSPS) is 19.6. The molecule has 1 aromatic carbocycles. The molecular weight excluding hydrogens is 335 g/mol. The van der Waals surface area contributed by atoms with Gasteiger partial charge in [0.2, 0.25) is 5.91 Å². The molecule has 128 valence electrons. The molecule has 1 aliphatic heterocycles. The Morgan fingerprint density at radius 3 is 2.74 bits per heavy atom. The summed E-state index contributed by atoms with van der Waals surface area (Å²) in [6.45, 7) is 8.91. The van der Waals surface area contributed by atoms with Crippen molar-refractivity contribution >= 4 is 29.1 Å². The van der Waals surface area contributed by atoms with Crippen LogP contribution < -0.4 is 5.32 Å². The summed E-state index contributed by atoms with van der Waals surface area (Å²) in [5.41, 5.74) is 0.827. The third-order valence-electron chi connectivity index (χ3n) is 3.64. The molecule has 1 N–H and O–H groups in total. The number of amides is 1. The van der Waals surface area contributed by atoms with E-state index in [1.807, 2.05) is 32.9 Å². The average molecular weight is 359 g/mol. The van der Waals surface area contributed by atoms with E-state index in [-0.39, 0.29) is 17.6 Å². The number of rotatable bonds is 4. The lowest BCUT2D eigenvalue weighted by Crippen LogP contribution is -2.44. The molecule has 6 heteroatoms. The van der Waals surface area contributed by atoms with E-state index in [1.165, 1.54) is 0 Å². The summed E-state index contributed by atoms with van der Waals surface area (Å²) in [7, 11) is 0. The molecule has 1 aliphatic rings. The van der Waals surface area contributed by atoms with Gasteiger partial charge in [-0.1, -0.05) is 29.3 Å². The molecule has 1 amide bonds. The Bertz CT molecular complexity index is 558. The molecule has 4 nitrogen and oxygen atoms in total. The van der Waals surface area contributed by atoms with E-state index >= 15 is 0 Å². The Hall–Kier alpha value is -0.810. The van der Waals surface area contributed by atoms with Crippen molar-refractivity contribution in [1.82, 2.24) is 10.2 Å². The smallest absolute Gasteiger partial charge is 0.221 e. The highest BCUT2D eigenvalue weighted by Crippen LogP contribution is 2.29. The molecule has 1 aromatic rings. The number of hydrogen-bond acceptors (Lipinski definition) is 3. The van der Waals surface area contributed by atoms with Gasteiger partial charge in [0.05, 0.1) is 22.8 Å². The van der Waals surface area contributed by atoms with Crippen LogP contribution in [0.15, 0.2) is 18.2 Å². The largest absolute Gasteiger partial charge is 0.371 e. The number of nitrogens with zero attached hydrogens (tertiary/aromatic N) is 1. The van der Waals surface area contributed by atoms with Gasteiger partial charge in [-0.3, -0.25) is 9.69 Å². The molecule has 0 unspecified atom stereocenters. The predicted octanol–water partition coefficient (Wildman–Crippen LogP) is 3.67. The predicted molar refractivity (Wildman–Crippen MR) is 94.1 cm³/mol. The van der Waals surface area contributed by atoms with Gasteiger partial charge in [0.25, 0.3) is 0 Å². The second-order valence-electron chi connectivity index (χ2n) is 6.88. The van der Waals surface area contributed by atoms with Crippen LogP contribution in [0.1, 0.15) is 38.9 Å². The Kier molecular flexibility index (Phi) is 6.32. The van der Waals surface area contributed by atoms with Crippen LogP contribution in [0.2, 0.25) is 10.0 Å². The minimum Gasteiger partial charge on any atom is -0.371 e. The summed E-state index contributed by atoms with van der Waals surface area (Å²) in [5.74, 6) is 0.0788. The molecule has 1 saturated heterocycles. The fourth-order valence-electron chi connectivity index (χ4n) is 2.56. The first-order chi connectivity index (χ1) is 10.7. The number of hydrogen-bond donors (Lipinski definition) is 1. The highest BCUT2D eigenvalue weighted by molar-refractivity contribution is 6.42. The van der Waals surface area contributed by atoms with E-state index in [2.05, 4.69) is 10.2 Å². The van der Waals surface area contributed by atoms with Crippen molar-refractivity contribution in [2.24, 2.45) is 0 Å². The maximum absolute atomic E-state index is 11.9. The van der Waals surface area contributed by atoms with E-state index < -0.39 is 0 Å². The maximum Gasteiger partial charge on any atom is 0.221 e. The van der Waals surface area contributed by atoms with Gasteiger partial charge in [-0.05, 0) is 38.5 Å². The van der Waals surface area contributed by atoms with Gasteiger partial charge in [-0.25, -0.2) is 0 Å². The lowest BCUT2D eigenvalue weighted by atomic mass is 10.1. The summed E-state index contributed by atoms with van der Waals surface area (Å²) in [6, 6.07) is 5.58. The number of morpholine rings is 1. The Morgan fingerprint density at radius 1 is 1.35 bits per heavy atom. The van der Waals surface area contributed by atoms with Crippen molar-refractivity contribution in [3.8, 4) is 0 Å². The second-order valence-corrected chi connectivity index (χ2v) is 7.70. The van der Waals surface area contributed by atoms with Crippen LogP contribution in [0.25, 0.3) is 0 Å². The topological polar surface area (TPSA) is 41.6 Å². The third-order valence-corrected chi connectivity index (χ3v) is 4.37. The van der Waals surface area contributed by atoms with E-state index in [4.69, 9.17) is 27.9 Å². The zero-order valence-electron chi connectivity index (χ0n) is 13.9. The standard InChI is InChI=1S/C17H24Cl2N2O2/c1-17(2,3)20-16(22)6-7-21-8-9-23-15(11-21)12-4-5-13(18)14(19)10-12/h4-5,10,15H,6-9,11H2,1-3H3,(H,20,22)/t15-/m0/s1. The van der Waals surface area contributed by atoms with Crippen molar-refractivity contribution in [2.75, 3.05) is 26.2 Å². The monoisotopic (exact) mass is 358 g/mol. The summed E-state index contributed by atoms with van der Waals surface area (Å²) in [4.78, 5) is 14.2. The highest BCUT2D eigenvalue weighted by atomic mass is 35.5. The van der Waals surface area contributed by atoms with E-state index in [9.17, 15) is 4.79 Å². The summed E-state index contributed by atoms with van der Waals surface area (Å²) >= 11 is 12.0. The Labute approximate surface area is 148 Å². The van der Waals surface area contributed by atoms with Gasteiger partial charge in [-0.2, -0.15) is 0 Å². The van der Waals surface area contributed by atoms with Crippen LogP contribution in [-0.4, -0.2) is 42.6 Å². The number of carbonyl (C=O) groups excluding carboxylic acids is 1. The van der Waals surface area contributed by atoms with Gasteiger partial charge in [-0.15, -0.1) is 0 Å². The number of halogens is 2. The first-order valence-electron chi connectivity index (χ1n) is 7.84. The van der Waals surface area contributed by atoms with E-state index in [1.54, 1.807) is 6.07 Å². The van der Waals surface area contributed by atoms with Crippen molar-refractivity contribution < 1.29 is 9.53 Å². The fourth-order valence-corrected chi connectivity index (χ4v) is 2.87. The van der Waals surface area contributed by atoms with Gasteiger partial charge < -0.3 is 10.1 Å². The zero-order chi connectivity index (χ0) is 17.0. The molecule has 0 aliphatic carbocycles. The first kappa shape index (κ1) is 18.5. The van der Waals surface area contributed by atoms with Crippen LogP contribution in [0.4, 0.5) is 0 Å². The number of ether oxygens (including phenoxy) is 1. The molecule has 0 bridgehead atoms. The van der Waals surface area contributed by atoms with Crippen LogP contribution in [-0.2, 0) is 9.53 Å². The van der Waals surface area contributed by atoms with Gasteiger partial charge >= 0.3 is 0 Å². The molecular formula is C17H24Cl2N2O2. The Balaban J connectivity index is 1.88. The lowest BCUT2D eigenvalue weighted by molar-refractivity contribution is -0.123. The minimum atomic E-state index is -0.190. The summed E-state index contributed by atoms with van der Waals surface area (Å²) in [6.07, 6.45) is 0.454. The Morgan fingerprint density at radius 2 is 2.09 bits per heavy atom. The van der Waals surface area contributed by atoms with Crippen LogP contribution in [0.3, 0.4) is 0 Å². The second kappa shape index (κ2) is 7.84. The van der Waals surface area contributed by atoms with Gasteiger partial charge in [0.15, 0.2) is 0 Å². The summed E-state index contributed by atoms with van der Waals surface area (Å²) < 4.78 is 5.83. The minimum absolute atomic E-state index is 0.0378. The molecule has 0 aromatic heterocycles. The van der Waals surface area contributed by atoms with E-state index in [0.29, 0.717) is 23.1 Å². The molecule has 1 atom stereocenters. The highest BCUT2D eigenvalue weighted by Gasteiger charge is 2.23. The van der Waals surface area contributed by atoms with E-state index in [0.717, 1.165) is 25.2 Å². The van der Waals surface area contributed by atoms with Gasteiger partial charge in [0, 0.05) is 31.6 Å². The number of nitrogens with one attached hydrogen (secondary N) is 1. The van der Waals surface area contributed by atoms with Crippen LogP contribution in [0, 0.1) is 0 Å². The molecule has 1 fully saturated rings. The van der Waals surface area contributed by atoms with Crippen molar-refractivity contribution in [3.05, 3.63) is 33.8 Å². The number of benzene rings is 1. The first-order valence-corrected chi connectivity index (χ1v) is 8.60. The molecule has 1 heterocycles. The maximum atomic E-state index is 11.9. The third kappa shape index (κ3) is 5.96. The summed E-state index contributed by atoms with van der Waals surface area (Å²) in [5, 5.41) is 4.07. The molecule has 0 radical (unpaired) electrons. The van der Waals surface area contributed by atoms with Crippen molar-refractivity contribution in [2.45, 2.75) is 38.8 Å². The van der Waals surface area contributed by atoms with Crippen molar-refractivity contribution in [3.63, 3.8) is 0 Å². The lowest BCUT2D eigenvalue weighted by Gasteiger charge is -2.33. The molecule has 0 spiro atoms. The van der Waals surface area contributed by atoms with Crippen molar-refractivity contribution in [1.29, 1.82) is 0 Å². The van der Waals surface area contributed by atoms with Crippen LogP contribution in [0.5, 0.6) is 0 Å². The fraction of sp³-hybridized carbons (Fsp3) is 0.588. The molecule has 23 heavy (non-hydrogen) atoms. The quantitative estimate of drug-likeness (QED) is 0.892. The zero-order valence-corrected chi connectivity index (χ0v) is 15.4. The average Bonchev–Trinajstić information content (AvgIpc) is 2.46. The number of carbonyl (C=O) groups is 1.